The van der Waals surface area contributed by atoms with Crippen LogP contribution in [0.1, 0.15) is 45.7 Å². The van der Waals surface area contributed by atoms with E-state index in [1.807, 2.05) is 30.0 Å². The molecular formula is C16H23ClN2S. The van der Waals surface area contributed by atoms with Crippen LogP contribution in [0, 0.1) is 5.41 Å². The Balaban J connectivity index is 2.10. The summed E-state index contributed by atoms with van der Waals surface area (Å²) in [5, 5.41) is 5.36. The van der Waals surface area contributed by atoms with Crippen LogP contribution in [-0.2, 0) is 0 Å². The first-order chi connectivity index (χ1) is 9.38. The number of benzene rings is 1. The first kappa shape index (κ1) is 15.7. The van der Waals surface area contributed by atoms with E-state index in [1.54, 1.807) is 0 Å². The topological polar surface area (TPSA) is 24.4 Å². The maximum absolute atomic E-state index is 6.25. The highest BCUT2D eigenvalue weighted by Crippen LogP contribution is 2.31. The minimum atomic E-state index is 0.175. The minimum absolute atomic E-state index is 0.175. The molecular weight excluding hydrogens is 288 g/mol. The van der Waals surface area contributed by atoms with E-state index in [9.17, 15) is 0 Å². The van der Waals surface area contributed by atoms with E-state index >= 15 is 0 Å². The van der Waals surface area contributed by atoms with Crippen LogP contribution in [0.25, 0.3) is 0 Å². The first-order valence-electron chi connectivity index (χ1n) is 7.09. The lowest BCUT2D eigenvalue weighted by molar-refractivity contribution is 0.315. The van der Waals surface area contributed by atoms with Gasteiger partial charge < -0.3 is 5.32 Å². The largest absolute Gasteiger partial charge is 0.358 e. The van der Waals surface area contributed by atoms with E-state index in [1.165, 1.54) is 0 Å². The second kappa shape index (κ2) is 6.40. The van der Waals surface area contributed by atoms with Gasteiger partial charge in [0.2, 0.25) is 0 Å². The zero-order valence-corrected chi connectivity index (χ0v) is 14.2. The van der Waals surface area contributed by atoms with Crippen LogP contribution >= 0.6 is 23.4 Å². The molecule has 0 bridgehead atoms. The Morgan fingerprint density at radius 1 is 1.35 bits per heavy atom. The quantitative estimate of drug-likeness (QED) is 0.840. The summed E-state index contributed by atoms with van der Waals surface area (Å²) in [7, 11) is 0. The van der Waals surface area contributed by atoms with Crippen LogP contribution in [-0.4, -0.2) is 17.0 Å². The van der Waals surface area contributed by atoms with Gasteiger partial charge in [0, 0.05) is 10.8 Å². The van der Waals surface area contributed by atoms with Gasteiger partial charge in [0.15, 0.2) is 5.17 Å². The summed E-state index contributed by atoms with van der Waals surface area (Å²) in [5.41, 5.74) is 1.34. The maximum atomic E-state index is 6.25. The Kier molecular flexibility index (Phi) is 5.03. The average molecular weight is 311 g/mol. The molecule has 110 valence electrons. The van der Waals surface area contributed by atoms with E-state index < -0.39 is 0 Å². The van der Waals surface area contributed by atoms with Gasteiger partial charge in [-0.2, -0.15) is 0 Å². The predicted octanol–water partition coefficient (Wildman–Crippen LogP) is 4.90. The van der Waals surface area contributed by atoms with Gasteiger partial charge in [-0.15, -0.1) is 0 Å². The molecule has 2 unspecified atom stereocenters. The number of nitrogens with one attached hydrogen (secondary N) is 1. The molecule has 1 aliphatic rings. The van der Waals surface area contributed by atoms with Gasteiger partial charge in [-0.1, -0.05) is 62.3 Å². The van der Waals surface area contributed by atoms with E-state index in [4.69, 9.17) is 16.6 Å². The lowest BCUT2D eigenvalue weighted by Gasteiger charge is -2.32. The van der Waals surface area contributed by atoms with Crippen LogP contribution in [0.4, 0.5) is 0 Å². The molecule has 1 aromatic carbocycles. The number of rotatable bonds is 2. The molecule has 4 heteroatoms. The van der Waals surface area contributed by atoms with Crippen molar-refractivity contribution in [3.8, 4) is 0 Å². The number of nitrogens with zero attached hydrogens (tertiary/aromatic N) is 1. The molecule has 20 heavy (non-hydrogen) atoms. The molecule has 0 saturated carbocycles. The van der Waals surface area contributed by atoms with E-state index in [-0.39, 0.29) is 11.5 Å². The van der Waals surface area contributed by atoms with Crippen molar-refractivity contribution in [1.29, 1.82) is 0 Å². The molecule has 0 aliphatic carbocycles. The molecule has 0 amide bonds. The van der Waals surface area contributed by atoms with Gasteiger partial charge in [-0.05, 0) is 30.4 Å². The van der Waals surface area contributed by atoms with Gasteiger partial charge in [0.05, 0.1) is 12.1 Å². The molecule has 1 heterocycles. The van der Waals surface area contributed by atoms with Gasteiger partial charge in [0.25, 0.3) is 0 Å². The van der Waals surface area contributed by atoms with E-state index in [0.717, 1.165) is 27.9 Å². The van der Waals surface area contributed by atoms with Crippen molar-refractivity contribution in [3.63, 3.8) is 0 Å². The maximum Gasteiger partial charge on any atom is 0.157 e. The monoisotopic (exact) mass is 310 g/mol. The summed E-state index contributed by atoms with van der Waals surface area (Å²) < 4.78 is 0. The number of hydrogen-bond acceptors (Lipinski definition) is 3. The van der Waals surface area contributed by atoms with Crippen molar-refractivity contribution in [2.75, 3.05) is 5.75 Å². The molecule has 1 aliphatic heterocycles. The van der Waals surface area contributed by atoms with Gasteiger partial charge in [-0.3, -0.25) is 4.99 Å². The Labute approximate surface area is 131 Å². The standard InChI is InChI=1S/C16H23ClN2S/c1-11(12-7-5-6-8-13(12)17)18-15-19-14(9-10-20-15)16(2,3)4/h5-8,11,14H,9-10H2,1-4H3,(H,18,19). The van der Waals surface area contributed by atoms with E-state index in [0.29, 0.717) is 6.04 Å². The zero-order chi connectivity index (χ0) is 14.8. The van der Waals surface area contributed by atoms with Crippen LogP contribution in [0.5, 0.6) is 0 Å². The minimum Gasteiger partial charge on any atom is -0.358 e. The van der Waals surface area contributed by atoms with Crippen molar-refractivity contribution in [3.05, 3.63) is 34.9 Å². The number of thioether (sulfide) groups is 1. The third kappa shape index (κ3) is 3.92. The van der Waals surface area contributed by atoms with E-state index in [2.05, 4.69) is 39.1 Å². The lowest BCUT2D eigenvalue weighted by Crippen LogP contribution is -2.34. The molecule has 0 fully saturated rings. The summed E-state index contributed by atoms with van der Waals surface area (Å²) in [6.45, 7) is 8.90. The third-order valence-electron chi connectivity index (χ3n) is 3.61. The summed E-state index contributed by atoms with van der Waals surface area (Å²) in [6, 6.07) is 8.55. The van der Waals surface area contributed by atoms with Crippen LogP contribution in [0.2, 0.25) is 5.02 Å². The first-order valence-corrected chi connectivity index (χ1v) is 8.46. The van der Waals surface area contributed by atoms with Crippen molar-refractivity contribution >= 4 is 28.5 Å². The van der Waals surface area contributed by atoms with Crippen LogP contribution in [0.15, 0.2) is 29.3 Å². The number of halogens is 1. The smallest absolute Gasteiger partial charge is 0.157 e. The molecule has 0 aromatic heterocycles. The summed E-state index contributed by atoms with van der Waals surface area (Å²) in [6.07, 6.45) is 1.15. The van der Waals surface area contributed by atoms with Crippen LogP contribution < -0.4 is 5.32 Å². The number of hydrogen-bond donors (Lipinski definition) is 1. The third-order valence-corrected chi connectivity index (χ3v) is 4.90. The van der Waals surface area contributed by atoms with Gasteiger partial charge >= 0.3 is 0 Å². The molecule has 2 nitrogen and oxygen atoms in total. The summed E-state index contributed by atoms with van der Waals surface area (Å²) >= 11 is 8.06. The normalized spacial score (nSPS) is 21.2. The summed E-state index contributed by atoms with van der Waals surface area (Å²) in [5.74, 6) is 1.13. The molecule has 1 aromatic rings. The van der Waals surface area contributed by atoms with Gasteiger partial charge in [0.1, 0.15) is 0 Å². The highest BCUT2D eigenvalue weighted by molar-refractivity contribution is 8.13. The van der Waals surface area contributed by atoms with Crippen molar-refractivity contribution < 1.29 is 0 Å². The van der Waals surface area contributed by atoms with Gasteiger partial charge in [-0.25, -0.2) is 0 Å². The molecule has 0 saturated heterocycles. The fourth-order valence-electron chi connectivity index (χ4n) is 2.31. The second-order valence-electron chi connectivity index (χ2n) is 6.34. The molecule has 1 N–H and O–H groups in total. The zero-order valence-electron chi connectivity index (χ0n) is 12.6. The molecule has 0 spiro atoms. The highest BCUT2D eigenvalue weighted by Gasteiger charge is 2.27. The van der Waals surface area contributed by atoms with Crippen molar-refractivity contribution in [2.24, 2.45) is 10.4 Å². The molecule has 2 rings (SSSR count). The Bertz CT molecular complexity index is 493. The number of amidine groups is 1. The fraction of sp³-hybridized carbons (Fsp3) is 0.562. The lowest BCUT2D eigenvalue weighted by atomic mass is 9.85. The molecule has 2 atom stereocenters. The predicted molar refractivity (Wildman–Crippen MR) is 90.8 cm³/mol. The van der Waals surface area contributed by atoms with Crippen LogP contribution in [0.3, 0.4) is 0 Å². The highest BCUT2D eigenvalue weighted by atomic mass is 35.5. The Morgan fingerprint density at radius 2 is 2.05 bits per heavy atom. The fourth-order valence-corrected chi connectivity index (χ4v) is 3.60. The van der Waals surface area contributed by atoms with Crippen molar-refractivity contribution in [2.45, 2.75) is 46.2 Å². The Hall–Kier alpha value is -0.670. The number of aliphatic imine (C=N–C) groups is 1. The molecule has 0 radical (unpaired) electrons. The average Bonchev–Trinajstić information content (AvgIpc) is 2.38. The Morgan fingerprint density at radius 3 is 2.70 bits per heavy atom. The SMILES string of the molecule is CC(NC1=NC(C(C)(C)C)CCS1)c1ccccc1Cl. The summed E-state index contributed by atoms with van der Waals surface area (Å²) in [4.78, 5) is 4.87. The van der Waals surface area contributed by atoms with Crippen molar-refractivity contribution in [1.82, 2.24) is 5.32 Å². The second-order valence-corrected chi connectivity index (χ2v) is 7.83.